The van der Waals surface area contributed by atoms with E-state index in [2.05, 4.69) is 69.1 Å². The van der Waals surface area contributed by atoms with E-state index in [1.807, 2.05) is 24.3 Å². The summed E-state index contributed by atoms with van der Waals surface area (Å²) >= 11 is 2.91. The number of hydrogen-bond donors (Lipinski definition) is 2. The predicted molar refractivity (Wildman–Crippen MR) is 160 cm³/mol. The summed E-state index contributed by atoms with van der Waals surface area (Å²) in [5, 5.41) is 26.1. The normalized spacial score (nSPS) is 16.9. The lowest BCUT2D eigenvalue weighted by Gasteiger charge is -2.25. The molecule has 5 rings (SSSR count). The Hall–Kier alpha value is -3.50. The number of anilines is 2. The van der Waals surface area contributed by atoms with Gasteiger partial charge in [-0.05, 0) is 54.4 Å². The Morgan fingerprint density at radius 3 is 1.48 bits per heavy atom. The molecule has 4 aromatic rings. The Morgan fingerprint density at radius 2 is 1.07 bits per heavy atom. The van der Waals surface area contributed by atoms with Crippen molar-refractivity contribution < 1.29 is 9.59 Å². The predicted octanol–water partition coefficient (Wildman–Crippen LogP) is 6.32. The number of aryl methyl sites for hydroxylation is 2. The van der Waals surface area contributed by atoms with Crippen molar-refractivity contribution in [2.75, 3.05) is 10.6 Å². The van der Waals surface area contributed by atoms with Gasteiger partial charge in [0, 0.05) is 11.8 Å². The van der Waals surface area contributed by atoms with Crippen LogP contribution in [0.3, 0.4) is 0 Å². The average molecular weight is 575 g/mol. The molecule has 2 aromatic heterocycles. The van der Waals surface area contributed by atoms with Crippen molar-refractivity contribution in [1.82, 2.24) is 20.4 Å². The number of rotatable bonds is 10. The van der Waals surface area contributed by atoms with Crippen LogP contribution in [0.4, 0.5) is 10.3 Å². The van der Waals surface area contributed by atoms with E-state index in [1.54, 1.807) is 0 Å². The zero-order chi connectivity index (χ0) is 27.9. The summed E-state index contributed by atoms with van der Waals surface area (Å²) in [6.07, 6.45) is 6.60. The summed E-state index contributed by atoms with van der Waals surface area (Å²) < 4.78 is 0. The van der Waals surface area contributed by atoms with Gasteiger partial charge in [0.05, 0.1) is 12.8 Å². The molecular formula is C30H34N6O2S2. The number of amides is 2. The molecule has 2 heterocycles. The van der Waals surface area contributed by atoms with Crippen LogP contribution < -0.4 is 10.6 Å². The minimum absolute atomic E-state index is 0.0881. The van der Waals surface area contributed by atoms with E-state index in [0.29, 0.717) is 23.1 Å². The Kier molecular flexibility index (Phi) is 9.28. The van der Waals surface area contributed by atoms with Crippen molar-refractivity contribution >= 4 is 44.8 Å². The van der Waals surface area contributed by atoms with Gasteiger partial charge >= 0.3 is 0 Å². The molecule has 1 aliphatic rings. The Balaban J connectivity index is 1.13. The first-order valence-corrected chi connectivity index (χ1v) is 15.5. The number of carbonyl (C=O) groups excluding carboxylic acids is 2. The van der Waals surface area contributed by atoms with Crippen LogP contribution in [-0.2, 0) is 35.3 Å². The molecule has 2 N–H and O–H groups in total. The molecule has 0 unspecified atom stereocenters. The third-order valence-electron chi connectivity index (χ3n) is 7.34. The maximum Gasteiger partial charge on any atom is 0.230 e. The number of nitrogens with zero attached hydrogens (tertiary/aromatic N) is 4. The minimum atomic E-state index is -0.0881. The van der Waals surface area contributed by atoms with Crippen molar-refractivity contribution in [3.05, 3.63) is 80.8 Å². The number of aromatic nitrogens is 4. The van der Waals surface area contributed by atoms with Gasteiger partial charge in [-0.15, -0.1) is 20.4 Å². The highest BCUT2D eigenvalue weighted by molar-refractivity contribution is 7.15. The van der Waals surface area contributed by atoms with Crippen LogP contribution in [0.25, 0.3) is 0 Å². The van der Waals surface area contributed by atoms with Crippen molar-refractivity contribution in [1.29, 1.82) is 0 Å². The van der Waals surface area contributed by atoms with Crippen molar-refractivity contribution in [3.63, 3.8) is 0 Å². The molecule has 2 amide bonds. The molecule has 0 radical (unpaired) electrons. The van der Waals surface area contributed by atoms with E-state index in [9.17, 15) is 9.59 Å². The van der Waals surface area contributed by atoms with E-state index >= 15 is 0 Å². The van der Waals surface area contributed by atoms with Crippen LogP contribution in [0.1, 0.15) is 83.6 Å². The average Bonchev–Trinajstić information content (AvgIpc) is 3.64. The van der Waals surface area contributed by atoms with Crippen LogP contribution in [0.5, 0.6) is 0 Å². The molecule has 0 saturated heterocycles. The van der Waals surface area contributed by atoms with Gasteiger partial charge in [-0.3, -0.25) is 9.59 Å². The molecule has 1 saturated carbocycles. The second-order valence-corrected chi connectivity index (χ2v) is 12.3. The molecule has 8 nitrogen and oxygen atoms in total. The minimum Gasteiger partial charge on any atom is -0.300 e. The lowest BCUT2D eigenvalue weighted by atomic mass is 9.82. The van der Waals surface area contributed by atoms with Crippen LogP contribution in [0.15, 0.2) is 48.5 Å². The lowest BCUT2D eigenvalue weighted by Crippen LogP contribution is -2.14. The maximum absolute atomic E-state index is 12.6. The summed E-state index contributed by atoms with van der Waals surface area (Å²) in [5.74, 6) is 0.345. The van der Waals surface area contributed by atoms with E-state index < -0.39 is 0 Å². The van der Waals surface area contributed by atoms with Crippen molar-refractivity contribution in [3.8, 4) is 0 Å². The molecule has 1 aliphatic carbocycles. The van der Waals surface area contributed by atoms with Gasteiger partial charge in [0.15, 0.2) is 0 Å². The van der Waals surface area contributed by atoms with Gasteiger partial charge in [-0.25, -0.2) is 0 Å². The highest BCUT2D eigenvalue weighted by Gasteiger charge is 2.29. The number of benzene rings is 2. The second kappa shape index (κ2) is 13.2. The van der Waals surface area contributed by atoms with E-state index in [-0.39, 0.29) is 23.7 Å². The van der Waals surface area contributed by atoms with E-state index in [1.165, 1.54) is 33.8 Å². The smallest absolute Gasteiger partial charge is 0.230 e. The fraction of sp³-hybridized carbons (Fsp3) is 0.400. The van der Waals surface area contributed by atoms with Crippen LogP contribution in [0.2, 0.25) is 0 Å². The maximum atomic E-state index is 12.6. The number of nitrogens with one attached hydrogen (secondary N) is 2. The van der Waals surface area contributed by atoms with Crippen LogP contribution in [-0.4, -0.2) is 32.2 Å². The largest absolute Gasteiger partial charge is 0.300 e. The summed E-state index contributed by atoms with van der Waals surface area (Å²) in [6.45, 7) is 4.23. The van der Waals surface area contributed by atoms with E-state index in [4.69, 9.17) is 0 Å². The fourth-order valence-corrected chi connectivity index (χ4v) is 6.84. The highest BCUT2D eigenvalue weighted by Crippen LogP contribution is 2.43. The van der Waals surface area contributed by atoms with Gasteiger partial charge < -0.3 is 10.6 Å². The molecule has 0 aliphatic heterocycles. The summed E-state index contributed by atoms with van der Waals surface area (Å²) in [6, 6.07) is 16.3. The molecule has 40 heavy (non-hydrogen) atoms. The molecule has 2 atom stereocenters. The third-order valence-corrected chi connectivity index (χ3v) is 9.34. The lowest BCUT2D eigenvalue weighted by molar-refractivity contribution is -0.116. The van der Waals surface area contributed by atoms with Gasteiger partial charge in [0.25, 0.3) is 0 Å². The summed E-state index contributed by atoms with van der Waals surface area (Å²) in [7, 11) is 0. The molecule has 208 valence electrons. The molecule has 0 spiro atoms. The number of carbonyl (C=O) groups is 2. The first-order valence-electron chi connectivity index (χ1n) is 13.9. The Morgan fingerprint density at radius 1 is 0.675 bits per heavy atom. The van der Waals surface area contributed by atoms with Gasteiger partial charge in [0.2, 0.25) is 22.1 Å². The van der Waals surface area contributed by atoms with Crippen LogP contribution >= 0.6 is 22.7 Å². The van der Waals surface area contributed by atoms with Gasteiger partial charge in [-0.2, -0.15) is 0 Å². The van der Waals surface area contributed by atoms with Crippen molar-refractivity contribution in [2.24, 2.45) is 0 Å². The SMILES string of the molecule is CCc1ccc(CC(=O)Nc2nnc([C@H]3CCC[C@H](c4nnc(NC(=O)Cc5ccc(CC)cc5)s4)C3)s2)cc1. The third kappa shape index (κ3) is 7.37. The molecular weight excluding hydrogens is 541 g/mol. The van der Waals surface area contributed by atoms with Gasteiger partial charge in [0.1, 0.15) is 10.0 Å². The zero-order valence-electron chi connectivity index (χ0n) is 22.9. The molecule has 10 heteroatoms. The van der Waals surface area contributed by atoms with Crippen molar-refractivity contribution in [2.45, 2.75) is 77.0 Å². The first kappa shape index (κ1) is 28.0. The zero-order valence-corrected chi connectivity index (χ0v) is 24.5. The molecule has 0 bridgehead atoms. The second-order valence-electron chi connectivity index (χ2n) is 10.2. The fourth-order valence-electron chi connectivity index (χ4n) is 5.02. The topological polar surface area (TPSA) is 110 Å². The molecule has 2 aromatic carbocycles. The standard InChI is InChI=1S/C30H34N6O2S2/c1-3-19-8-12-21(13-9-19)16-25(37)31-29-35-33-27(39-29)23-6-5-7-24(18-23)28-34-36-30(40-28)32-26(38)17-22-14-10-20(4-2)11-15-22/h8-15,23-24H,3-7,16-18H2,1-2H3,(H,31,35,37)(H,32,36,38)/t23-,24-/m0/s1. The van der Waals surface area contributed by atoms with E-state index in [0.717, 1.165) is 59.7 Å². The summed E-state index contributed by atoms with van der Waals surface area (Å²) in [5.41, 5.74) is 4.47. The number of hydrogen-bond acceptors (Lipinski definition) is 8. The monoisotopic (exact) mass is 574 g/mol. The van der Waals surface area contributed by atoms with Gasteiger partial charge in [-0.1, -0.05) is 91.5 Å². The highest BCUT2D eigenvalue weighted by atomic mass is 32.1. The summed E-state index contributed by atoms with van der Waals surface area (Å²) in [4.78, 5) is 25.1. The van der Waals surface area contributed by atoms with Crippen LogP contribution in [0, 0.1) is 0 Å². The Labute approximate surface area is 242 Å². The Bertz CT molecular complexity index is 1320. The molecule has 1 fully saturated rings. The first-order chi connectivity index (χ1) is 19.5. The quantitative estimate of drug-likeness (QED) is 0.229.